The van der Waals surface area contributed by atoms with Crippen LogP contribution in [0, 0.1) is 0 Å². The number of hydrogen-bond acceptors (Lipinski definition) is 7. The molecule has 0 aliphatic carbocycles. The van der Waals surface area contributed by atoms with Gasteiger partial charge in [-0.25, -0.2) is 27.2 Å². The number of carbonyl (C=O) groups excluding carboxylic acids is 2. The first-order valence-corrected chi connectivity index (χ1v) is 25.7. The summed E-state index contributed by atoms with van der Waals surface area (Å²) in [6, 6.07) is 22.0. The number of allylic oxidation sites excluding steroid dienone is 4. The first kappa shape index (κ1) is 79.2. The van der Waals surface area contributed by atoms with Crippen LogP contribution in [0.3, 0.4) is 0 Å². The third-order valence-corrected chi connectivity index (χ3v) is 13.2. The molecule has 5 rings (SSSR count). The van der Waals surface area contributed by atoms with Gasteiger partial charge in [0.2, 0.25) is 11.5 Å². The second-order valence-corrected chi connectivity index (χ2v) is 19.8. The predicted molar refractivity (Wildman–Crippen MR) is 262 cm³/mol. The molecule has 536 valence electrons. The molecule has 0 radical (unpaired) electrons. The predicted octanol–water partition coefficient (Wildman–Crippen LogP) is 20.5. The Bertz CT molecular complexity index is 3220. The lowest BCUT2D eigenvalue weighted by molar-refractivity contribution is -0.367. The van der Waals surface area contributed by atoms with Crippen LogP contribution in [0.1, 0.15) is 44.7 Å². The summed E-state index contributed by atoms with van der Waals surface area (Å²) in [5, 5.41) is 0. The lowest BCUT2D eigenvalue weighted by Gasteiger charge is -2.41. The van der Waals surface area contributed by atoms with E-state index in [-0.39, 0.29) is 74.2 Å². The number of rotatable bonds is 21. The first-order chi connectivity index (χ1) is 43.8. The van der Waals surface area contributed by atoms with Gasteiger partial charge in [0.15, 0.2) is 0 Å². The number of alkyl halides is 34. The van der Waals surface area contributed by atoms with Gasteiger partial charge in [0.1, 0.15) is 11.5 Å². The molecule has 0 aliphatic rings. The van der Waals surface area contributed by atoms with Crippen molar-refractivity contribution in [3.63, 3.8) is 0 Å². The van der Waals surface area contributed by atoms with Crippen LogP contribution in [0.2, 0.25) is 0 Å². The molecule has 0 spiro atoms. The number of carbonyl (C=O) groups is 2. The minimum Gasteiger partial charge on any atom is -0.462 e. The molecular weight excluding hydrogens is 1430 g/mol. The van der Waals surface area contributed by atoms with E-state index in [0.29, 0.717) is 28.2 Å². The van der Waals surface area contributed by atoms with E-state index >= 15 is 17.6 Å². The van der Waals surface area contributed by atoms with Gasteiger partial charge in [-0.2, -0.15) is 132 Å². The Kier molecular flexibility index (Phi) is 22.4. The number of anilines is 3. The fourth-order valence-corrected chi connectivity index (χ4v) is 8.63. The molecule has 7 nitrogen and oxygen atoms in total. The molecule has 97 heavy (non-hydrogen) atoms. The van der Waals surface area contributed by atoms with Gasteiger partial charge in [0, 0.05) is 17.1 Å². The van der Waals surface area contributed by atoms with Crippen molar-refractivity contribution in [1.29, 1.82) is 0 Å². The van der Waals surface area contributed by atoms with Gasteiger partial charge in [0.25, 0.3) is 0 Å². The molecule has 41 heteroatoms. The monoisotopic (exact) mass is 1460 g/mol. The zero-order chi connectivity index (χ0) is 74.2. The number of para-hydroxylation sites is 1. The molecule has 0 amide bonds. The van der Waals surface area contributed by atoms with E-state index in [1.54, 1.807) is 83.8 Å². The SMILES string of the molecule is O=C(OCCCc1ccc(N(c2ccccc2)c2ccc(CCCOC(=O)c3ccc(OC(=C(C(F)(C(F)(F)F)C(F)(F)F)C(F)(C(F)(F)F)C(F)(F)F)C(F)(F)F)cc3)cc2)cc1)c1ccc(OC(=C(C(F)(C(F)(F)F)C(F)(F)F)C(F)(C(F)(F)F)C(F)(F)F)C(F)(F)F)cc1. The van der Waals surface area contributed by atoms with Crippen molar-refractivity contribution < 1.29 is 178 Å². The van der Waals surface area contributed by atoms with Crippen LogP contribution >= 0.6 is 0 Å². The van der Waals surface area contributed by atoms with E-state index in [4.69, 9.17) is 9.47 Å². The van der Waals surface area contributed by atoms with Crippen molar-refractivity contribution in [3.05, 3.63) is 172 Å². The molecule has 0 N–H and O–H groups in total. The Hall–Kier alpha value is -8.46. The van der Waals surface area contributed by atoms with Crippen molar-refractivity contribution in [2.45, 2.75) is 110 Å². The summed E-state index contributed by atoms with van der Waals surface area (Å²) >= 11 is 0. The maximum Gasteiger partial charge on any atom is 0.449 e. The van der Waals surface area contributed by atoms with E-state index in [2.05, 4.69) is 9.47 Å². The Labute approximate surface area is 518 Å². The normalized spacial score (nSPS) is 13.8. The fraction of sp³-hybridized carbons (Fsp3) is 0.357. The average molecular weight is 1460 g/mol. The molecule has 0 aliphatic heterocycles. The van der Waals surface area contributed by atoms with Crippen molar-refractivity contribution in [1.82, 2.24) is 0 Å². The average Bonchev–Trinajstić information content (AvgIpc) is 0.701. The van der Waals surface area contributed by atoms with Crippen LogP contribution < -0.4 is 14.4 Å². The van der Waals surface area contributed by atoms with Gasteiger partial charge < -0.3 is 23.8 Å². The molecule has 0 atom stereocenters. The molecule has 0 aromatic heterocycles. The van der Waals surface area contributed by atoms with E-state index in [9.17, 15) is 141 Å². The number of ether oxygens (including phenoxy) is 4. The minimum absolute atomic E-state index is 0.0356. The van der Waals surface area contributed by atoms with Crippen LogP contribution in [0.15, 0.2) is 150 Å². The summed E-state index contributed by atoms with van der Waals surface area (Å²) in [6.45, 7) is -1.01. The second kappa shape index (κ2) is 27.5. The molecule has 0 unspecified atom stereocenters. The molecule has 0 saturated heterocycles. The van der Waals surface area contributed by atoms with Gasteiger partial charge in [-0.3, -0.25) is 0 Å². The smallest absolute Gasteiger partial charge is 0.449 e. The van der Waals surface area contributed by atoms with Crippen molar-refractivity contribution >= 4 is 29.0 Å². The highest BCUT2D eigenvalue weighted by Crippen LogP contribution is 2.65. The Balaban J connectivity index is 1.25. The number of hydrogen-bond donors (Lipinski definition) is 0. The third kappa shape index (κ3) is 16.4. The highest BCUT2D eigenvalue weighted by atomic mass is 19.5. The number of nitrogens with zero attached hydrogens (tertiary/aromatic N) is 1. The summed E-state index contributed by atoms with van der Waals surface area (Å²) in [5.41, 5.74) is -43.9. The number of aryl methyl sites for hydroxylation is 2. The third-order valence-electron chi connectivity index (χ3n) is 13.2. The zero-order valence-electron chi connectivity index (χ0n) is 46.6. The maximum atomic E-state index is 15.1. The largest absolute Gasteiger partial charge is 0.462 e. The summed E-state index contributed by atoms with van der Waals surface area (Å²) in [5.74, 6) is -16.1. The topological polar surface area (TPSA) is 74.3 Å². The summed E-state index contributed by atoms with van der Waals surface area (Å²) in [4.78, 5) is 27.1. The highest BCUT2D eigenvalue weighted by Gasteiger charge is 2.90. The van der Waals surface area contributed by atoms with Crippen molar-refractivity contribution in [3.8, 4) is 11.5 Å². The Morgan fingerprint density at radius 2 is 0.536 bits per heavy atom. The molecular formula is C56H33F34NO6. The van der Waals surface area contributed by atoms with Crippen LogP contribution in [-0.4, -0.2) is 110 Å². The van der Waals surface area contributed by atoms with E-state index < -0.39 is 155 Å². The Morgan fingerprint density at radius 3 is 0.763 bits per heavy atom. The fourth-order valence-electron chi connectivity index (χ4n) is 8.63. The standard InChI is InChI=1S/C56H33F34NO6/c57-43(49(67,68)69,50(70,71)72)37(44(58,51(73,74)75)52(76,77)78)39(47(61,62)63)96-35-22-14-30(15-23-35)41(92)94-26-4-6-28-10-18-33(19-11-28)91(32-8-2-1-3-9-32)34-20-12-29(13-21-34)7-5-27-95-42(93)31-16-24-36(25-17-31)97-40(48(64,65)66)38(45(59,53(79,80)81)54(82,83)84)46(60,55(85,86)87)56(88,89)90/h1-3,8-25H,4-7,26-27H2. The molecule has 5 aromatic rings. The summed E-state index contributed by atoms with van der Waals surface area (Å²) < 4.78 is 488. The second-order valence-electron chi connectivity index (χ2n) is 19.8. The van der Waals surface area contributed by atoms with Gasteiger partial charge in [-0.1, -0.05) is 42.5 Å². The van der Waals surface area contributed by atoms with Gasteiger partial charge in [-0.05, 0) is 122 Å². The first-order valence-electron chi connectivity index (χ1n) is 25.7. The molecule has 0 fully saturated rings. The van der Waals surface area contributed by atoms with E-state index in [1.807, 2.05) is 0 Å². The molecule has 5 aromatic carbocycles. The van der Waals surface area contributed by atoms with Gasteiger partial charge in [0.05, 0.1) is 35.5 Å². The number of benzene rings is 5. The van der Waals surface area contributed by atoms with Crippen LogP contribution in [0.25, 0.3) is 0 Å². The molecule has 0 saturated carbocycles. The quantitative estimate of drug-likeness (QED) is 0.0314. The number of esters is 2. The van der Waals surface area contributed by atoms with Crippen molar-refractivity contribution in [2.75, 3.05) is 18.1 Å². The summed E-state index contributed by atoms with van der Waals surface area (Å²) in [7, 11) is 0. The lowest BCUT2D eigenvalue weighted by Crippen LogP contribution is -2.67. The Morgan fingerprint density at radius 1 is 0.299 bits per heavy atom. The number of halogens is 34. The van der Waals surface area contributed by atoms with Gasteiger partial charge in [-0.15, -0.1) is 0 Å². The molecule has 0 heterocycles. The van der Waals surface area contributed by atoms with E-state index in [0.717, 1.165) is 0 Å². The lowest BCUT2D eigenvalue weighted by atomic mass is 9.79. The van der Waals surface area contributed by atoms with Crippen LogP contribution in [-0.2, 0) is 22.3 Å². The minimum atomic E-state index is -8.41. The molecule has 0 bridgehead atoms. The van der Waals surface area contributed by atoms with Crippen LogP contribution in [0.4, 0.5) is 166 Å². The van der Waals surface area contributed by atoms with Gasteiger partial charge >= 0.3 is 96.4 Å². The van der Waals surface area contributed by atoms with E-state index in [1.165, 1.54) is 0 Å². The summed E-state index contributed by atoms with van der Waals surface area (Å²) in [6.07, 6.45) is -80.5. The highest BCUT2D eigenvalue weighted by molar-refractivity contribution is 5.90. The zero-order valence-corrected chi connectivity index (χ0v) is 46.6. The van der Waals surface area contributed by atoms with Crippen molar-refractivity contribution in [2.24, 2.45) is 0 Å². The maximum absolute atomic E-state index is 15.1. The van der Waals surface area contributed by atoms with Crippen LogP contribution in [0.5, 0.6) is 11.5 Å².